The van der Waals surface area contributed by atoms with Crippen molar-refractivity contribution in [3.05, 3.63) is 54.4 Å². The number of nitrogens with zero attached hydrogens (tertiary/aromatic N) is 2. The zero-order valence-corrected chi connectivity index (χ0v) is 8.39. The molecule has 0 aliphatic rings. The fourth-order valence-electron chi connectivity index (χ4n) is 1.33. The molecule has 0 bridgehead atoms. The zero-order chi connectivity index (χ0) is 10.7. The molecule has 15 heavy (non-hydrogen) atoms. The van der Waals surface area contributed by atoms with Gasteiger partial charge in [0.15, 0.2) is 0 Å². The van der Waals surface area contributed by atoms with E-state index in [9.17, 15) is 4.39 Å². The van der Waals surface area contributed by atoms with Crippen LogP contribution in [0.3, 0.4) is 0 Å². The molecule has 0 atom stereocenters. The second-order valence-electron chi connectivity index (χ2n) is 3.15. The van der Waals surface area contributed by atoms with Crippen molar-refractivity contribution in [1.82, 2.24) is 9.78 Å². The lowest BCUT2D eigenvalue weighted by atomic mass is 10.3. The average Bonchev–Trinajstić information content (AvgIpc) is 2.78. The Bertz CT molecular complexity index is 471. The summed E-state index contributed by atoms with van der Waals surface area (Å²) in [5.41, 5.74) is 1.43. The smallest absolute Gasteiger partial charge is 0.129 e. The van der Waals surface area contributed by atoms with Crippen LogP contribution in [0.2, 0.25) is 0 Å². The lowest BCUT2D eigenvalue weighted by Crippen LogP contribution is -1.92. The molecule has 0 spiro atoms. The SMILES string of the molecule is C/C=C(\F)c1cnn(-c2ccccc2)c1. The van der Waals surface area contributed by atoms with Gasteiger partial charge < -0.3 is 0 Å². The van der Waals surface area contributed by atoms with Crippen molar-refractivity contribution in [3.63, 3.8) is 0 Å². The van der Waals surface area contributed by atoms with Crippen LogP contribution in [0.15, 0.2) is 48.8 Å². The van der Waals surface area contributed by atoms with Gasteiger partial charge in [0.2, 0.25) is 0 Å². The summed E-state index contributed by atoms with van der Waals surface area (Å²) in [7, 11) is 0. The van der Waals surface area contributed by atoms with Crippen molar-refractivity contribution in [1.29, 1.82) is 0 Å². The van der Waals surface area contributed by atoms with Crippen molar-refractivity contribution in [2.75, 3.05) is 0 Å². The van der Waals surface area contributed by atoms with Crippen molar-refractivity contribution in [2.45, 2.75) is 6.92 Å². The van der Waals surface area contributed by atoms with Crippen LogP contribution in [0, 0.1) is 0 Å². The molecule has 0 fully saturated rings. The Morgan fingerprint density at radius 2 is 2.07 bits per heavy atom. The normalized spacial score (nSPS) is 11.7. The van der Waals surface area contributed by atoms with E-state index < -0.39 is 0 Å². The number of aromatic nitrogens is 2. The first kappa shape index (κ1) is 9.65. The molecule has 1 aromatic carbocycles. The predicted octanol–water partition coefficient (Wildman–Crippen LogP) is 3.20. The van der Waals surface area contributed by atoms with Crippen molar-refractivity contribution in [2.24, 2.45) is 0 Å². The fraction of sp³-hybridized carbons (Fsp3) is 0.0833. The molecule has 0 N–H and O–H groups in total. The monoisotopic (exact) mass is 202 g/mol. The lowest BCUT2D eigenvalue weighted by molar-refractivity contribution is 0.758. The summed E-state index contributed by atoms with van der Waals surface area (Å²) in [4.78, 5) is 0. The summed E-state index contributed by atoms with van der Waals surface area (Å²) in [5.74, 6) is -0.253. The van der Waals surface area contributed by atoms with Crippen LogP contribution >= 0.6 is 0 Å². The number of hydrogen-bond donors (Lipinski definition) is 0. The van der Waals surface area contributed by atoms with E-state index in [1.54, 1.807) is 17.8 Å². The lowest BCUT2D eigenvalue weighted by Gasteiger charge is -1.98. The molecular weight excluding hydrogens is 191 g/mol. The maximum atomic E-state index is 13.2. The minimum Gasteiger partial charge on any atom is -0.240 e. The van der Waals surface area contributed by atoms with Crippen molar-refractivity contribution < 1.29 is 4.39 Å². The molecule has 2 nitrogen and oxygen atoms in total. The summed E-state index contributed by atoms with van der Waals surface area (Å²) < 4.78 is 14.9. The highest BCUT2D eigenvalue weighted by atomic mass is 19.1. The van der Waals surface area contributed by atoms with Crippen molar-refractivity contribution >= 4 is 5.83 Å². The molecule has 2 aromatic rings. The molecule has 2 rings (SSSR count). The van der Waals surface area contributed by atoms with Crippen LogP contribution in [-0.4, -0.2) is 9.78 Å². The van der Waals surface area contributed by atoms with Gasteiger partial charge in [0.1, 0.15) is 5.83 Å². The van der Waals surface area contributed by atoms with Gasteiger partial charge >= 0.3 is 0 Å². The highest BCUT2D eigenvalue weighted by molar-refractivity contribution is 5.57. The van der Waals surface area contributed by atoms with Gasteiger partial charge in [0.25, 0.3) is 0 Å². The first-order chi connectivity index (χ1) is 7.31. The molecule has 0 saturated carbocycles. The van der Waals surface area contributed by atoms with E-state index in [1.165, 1.54) is 12.3 Å². The molecule has 1 heterocycles. The summed E-state index contributed by atoms with van der Waals surface area (Å²) in [6.07, 6.45) is 4.61. The third-order valence-corrected chi connectivity index (χ3v) is 2.13. The van der Waals surface area contributed by atoms with E-state index in [0.29, 0.717) is 5.56 Å². The number of benzene rings is 1. The van der Waals surface area contributed by atoms with E-state index in [2.05, 4.69) is 5.10 Å². The van der Waals surface area contributed by atoms with Gasteiger partial charge in [-0.15, -0.1) is 0 Å². The molecule has 0 unspecified atom stereocenters. The number of halogens is 1. The maximum Gasteiger partial charge on any atom is 0.129 e. The van der Waals surface area contributed by atoms with Gasteiger partial charge in [0, 0.05) is 11.8 Å². The Hall–Kier alpha value is -1.90. The Morgan fingerprint density at radius 3 is 2.73 bits per heavy atom. The number of allylic oxidation sites excluding steroid dienone is 1. The standard InChI is InChI=1S/C12H11FN2/c1-2-12(13)10-8-14-15(9-10)11-6-4-3-5-7-11/h2-9H,1H3/b12-2-. The van der Waals surface area contributed by atoms with Gasteiger partial charge in [-0.2, -0.15) is 5.10 Å². The summed E-state index contributed by atoms with van der Waals surface area (Å²) in [5, 5.41) is 4.09. The average molecular weight is 202 g/mol. The summed E-state index contributed by atoms with van der Waals surface area (Å²) in [6.45, 7) is 1.66. The number of rotatable bonds is 2. The van der Waals surface area contributed by atoms with Crippen LogP contribution in [0.1, 0.15) is 12.5 Å². The first-order valence-corrected chi connectivity index (χ1v) is 4.73. The minimum absolute atomic E-state index is 0.253. The summed E-state index contributed by atoms with van der Waals surface area (Å²) in [6, 6.07) is 9.61. The third kappa shape index (κ3) is 1.96. The first-order valence-electron chi connectivity index (χ1n) is 4.73. The topological polar surface area (TPSA) is 17.8 Å². The van der Waals surface area contributed by atoms with Crippen LogP contribution in [-0.2, 0) is 0 Å². The van der Waals surface area contributed by atoms with E-state index >= 15 is 0 Å². The van der Waals surface area contributed by atoms with Gasteiger partial charge in [-0.3, -0.25) is 0 Å². The highest BCUT2D eigenvalue weighted by Crippen LogP contribution is 2.16. The predicted molar refractivity (Wildman–Crippen MR) is 58.3 cm³/mol. The summed E-state index contributed by atoms with van der Waals surface area (Å²) >= 11 is 0. The second-order valence-corrected chi connectivity index (χ2v) is 3.15. The second kappa shape index (κ2) is 4.09. The Labute approximate surface area is 87.7 Å². The number of hydrogen-bond acceptors (Lipinski definition) is 1. The minimum atomic E-state index is -0.253. The fourth-order valence-corrected chi connectivity index (χ4v) is 1.33. The van der Waals surface area contributed by atoms with Gasteiger partial charge in [-0.1, -0.05) is 24.3 Å². The molecule has 0 aliphatic carbocycles. The molecular formula is C12H11FN2. The van der Waals surface area contributed by atoms with E-state index in [4.69, 9.17) is 0 Å². The molecule has 0 amide bonds. The van der Waals surface area contributed by atoms with Crippen LogP contribution in [0.5, 0.6) is 0 Å². The van der Waals surface area contributed by atoms with E-state index in [1.807, 2.05) is 30.3 Å². The molecule has 3 heteroatoms. The van der Waals surface area contributed by atoms with Crippen LogP contribution < -0.4 is 0 Å². The van der Waals surface area contributed by atoms with E-state index in [-0.39, 0.29) is 5.83 Å². The Morgan fingerprint density at radius 1 is 1.33 bits per heavy atom. The Balaban J connectivity index is 2.36. The molecule has 76 valence electrons. The molecule has 0 radical (unpaired) electrons. The maximum absolute atomic E-state index is 13.2. The van der Waals surface area contributed by atoms with Gasteiger partial charge in [-0.05, 0) is 19.1 Å². The largest absolute Gasteiger partial charge is 0.240 e. The van der Waals surface area contributed by atoms with Crippen LogP contribution in [0.4, 0.5) is 4.39 Å². The molecule has 0 saturated heterocycles. The van der Waals surface area contributed by atoms with Crippen molar-refractivity contribution in [3.8, 4) is 5.69 Å². The Kier molecular flexibility index (Phi) is 2.63. The van der Waals surface area contributed by atoms with Gasteiger partial charge in [-0.25, -0.2) is 9.07 Å². The molecule has 0 aliphatic heterocycles. The van der Waals surface area contributed by atoms with E-state index in [0.717, 1.165) is 5.69 Å². The quantitative estimate of drug-likeness (QED) is 0.731. The van der Waals surface area contributed by atoms with Crippen LogP contribution in [0.25, 0.3) is 11.5 Å². The van der Waals surface area contributed by atoms with Gasteiger partial charge in [0.05, 0.1) is 11.9 Å². The number of para-hydroxylation sites is 1. The molecule has 1 aromatic heterocycles. The zero-order valence-electron chi connectivity index (χ0n) is 8.39. The third-order valence-electron chi connectivity index (χ3n) is 2.13. The highest BCUT2D eigenvalue weighted by Gasteiger charge is 2.03.